The lowest BCUT2D eigenvalue weighted by Crippen LogP contribution is -2.44. The van der Waals surface area contributed by atoms with Crippen LogP contribution in [0.4, 0.5) is 8.78 Å². The van der Waals surface area contributed by atoms with Crippen LogP contribution in [0.1, 0.15) is 46.8 Å². The number of rotatable bonds is 7. The monoisotopic (exact) mass is 509 g/mol. The number of benzene rings is 3. The second-order valence-electron chi connectivity index (χ2n) is 9.69. The summed E-state index contributed by atoms with van der Waals surface area (Å²) >= 11 is 0. The Bertz CT molecular complexity index is 1380. The van der Waals surface area contributed by atoms with Crippen molar-refractivity contribution in [2.75, 3.05) is 7.11 Å². The summed E-state index contributed by atoms with van der Waals surface area (Å²) in [6, 6.07) is 15.2. The average molecular weight is 510 g/mol. The van der Waals surface area contributed by atoms with Crippen molar-refractivity contribution in [2.24, 2.45) is 5.41 Å². The molecule has 0 spiro atoms. The normalized spacial score (nSPS) is 12.9. The maximum Gasteiger partial charge on any atom is 0.225 e. The predicted octanol–water partition coefficient (Wildman–Crippen LogP) is 6.62. The Balaban J connectivity index is 0.00000380. The summed E-state index contributed by atoms with van der Waals surface area (Å²) in [5.74, 6) is 0.0370. The van der Waals surface area contributed by atoms with Gasteiger partial charge in [-0.3, -0.25) is 4.79 Å². The fourth-order valence-electron chi connectivity index (χ4n) is 3.88. The van der Waals surface area contributed by atoms with Crippen LogP contribution >= 0.6 is 0 Å². The number of ether oxygens (including phenoxy) is 2. The van der Waals surface area contributed by atoms with Crippen molar-refractivity contribution in [3.63, 3.8) is 0 Å². The average Bonchev–Trinajstić information content (AvgIpc) is 3.25. The van der Waals surface area contributed by atoms with E-state index >= 15 is 0 Å². The summed E-state index contributed by atoms with van der Waals surface area (Å²) in [6.45, 7) is 7.27. The molecule has 8 heteroatoms. The third-order valence-electron chi connectivity index (χ3n) is 5.87. The van der Waals surface area contributed by atoms with Crippen molar-refractivity contribution in [3.8, 4) is 17.2 Å². The lowest BCUT2D eigenvalue weighted by atomic mass is 9.94. The molecule has 0 aliphatic carbocycles. The molecule has 0 aliphatic heterocycles. The zero-order valence-corrected chi connectivity index (χ0v) is 20.9. The third kappa shape index (κ3) is 6.07. The minimum Gasteiger partial charge on any atom is -0.496 e. The molecule has 6 nitrogen and oxygen atoms in total. The topological polar surface area (TPSA) is 65.4 Å². The van der Waals surface area contributed by atoms with E-state index in [9.17, 15) is 13.6 Å². The van der Waals surface area contributed by atoms with Crippen LogP contribution in [0, 0.1) is 17.0 Å². The van der Waals surface area contributed by atoms with E-state index in [0.717, 1.165) is 16.6 Å². The minimum absolute atomic E-state index is 0. The van der Waals surface area contributed by atoms with Crippen molar-refractivity contribution >= 4 is 16.8 Å². The third-order valence-corrected chi connectivity index (χ3v) is 5.87. The van der Waals surface area contributed by atoms with Gasteiger partial charge in [-0.15, -0.1) is 0 Å². The number of halogens is 2. The lowest BCUT2D eigenvalue weighted by molar-refractivity contribution is -0.129. The first-order valence-corrected chi connectivity index (χ1v) is 11.6. The molecule has 0 aliphatic rings. The molecule has 0 bridgehead atoms. The van der Waals surface area contributed by atoms with Gasteiger partial charge in [-0.25, -0.2) is 13.5 Å². The van der Waals surface area contributed by atoms with Crippen LogP contribution in [0.3, 0.4) is 0 Å². The van der Waals surface area contributed by atoms with E-state index in [2.05, 4.69) is 10.4 Å². The first-order valence-electron chi connectivity index (χ1n) is 11.6. The molecule has 2 atom stereocenters. The van der Waals surface area contributed by atoms with Crippen molar-refractivity contribution in [3.05, 3.63) is 84.1 Å². The van der Waals surface area contributed by atoms with Crippen LogP contribution in [0.25, 0.3) is 16.6 Å². The summed E-state index contributed by atoms with van der Waals surface area (Å²) in [7, 11) is 1.50. The molecule has 0 saturated carbocycles. The molecule has 196 valence electrons. The van der Waals surface area contributed by atoms with Crippen molar-refractivity contribution in [1.82, 2.24) is 15.1 Å². The van der Waals surface area contributed by atoms with Gasteiger partial charge in [0.25, 0.3) is 0 Å². The molecule has 1 aromatic heterocycles. The quantitative estimate of drug-likeness (QED) is 0.304. The molecule has 1 heterocycles. The zero-order chi connectivity index (χ0) is 26.0. The zero-order valence-electron chi connectivity index (χ0n) is 20.9. The highest BCUT2D eigenvalue weighted by molar-refractivity contribution is 5.82. The SMILES string of the molecule is C.COc1ccc(F)cc1[C@@H](Oc1ccc2c(cnn2-c2ccc(F)cc2)c1)[C@H](C)NC(=O)C(C)(C)C. The number of carbonyl (C=O) groups is 1. The summed E-state index contributed by atoms with van der Waals surface area (Å²) in [4.78, 5) is 12.7. The van der Waals surface area contributed by atoms with Crippen LogP contribution in [0.15, 0.2) is 66.9 Å². The molecule has 1 amide bonds. The molecule has 0 saturated heterocycles. The Labute approximate surface area is 216 Å². The van der Waals surface area contributed by atoms with Crippen molar-refractivity contribution in [2.45, 2.75) is 47.3 Å². The molecule has 1 N–H and O–H groups in total. The molecule has 37 heavy (non-hydrogen) atoms. The van der Waals surface area contributed by atoms with E-state index in [-0.39, 0.29) is 19.2 Å². The van der Waals surface area contributed by atoms with Gasteiger partial charge >= 0.3 is 0 Å². The van der Waals surface area contributed by atoms with Crippen LogP contribution in [-0.4, -0.2) is 28.8 Å². The molecular formula is C29H33F2N3O3. The Hall–Kier alpha value is -3.94. The summed E-state index contributed by atoms with van der Waals surface area (Å²) in [5, 5.41) is 8.21. The summed E-state index contributed by atoms with van der Waals surface area (Å²) in [5.41, 5.74) is 1.39. The second kappa shape index (κ2) is 11.0. The summed E-state index contributed by atoms with van der Waals surface area (Å²) < 4.78 is 41.1. The van der Waals surface area contributed by atoms with E-state index in [1.807, 2.05) is 39.8 Å². The number of carbonyl (C=O) groups excluding carboxylic acids is 1. The Morgan fingerprint density at radius 2 is 1.68 bits per heavy atom. The number of hydrogen-bond donors (Lipinski definition) is 1. The van der Waals surface area contributed by atoms with Gasteiger partial charge in [-0.1, -0.05) is 28.2 Å². The maximum atomic E-state index is 14.3. The Kier molecular flexibility index (Phi) is 8.21. The molecule has 0 unspecified atom stereocenters. The first kappa shape index (κ1) is 27.6. The largest absolute Gasteiger partial charge is 0.496 e. The van der Waals surface area contributed by atoms with Gasteiger partial charge in [0, 0.05) is 16.4 Å². The van der Waals surface area contributed by atoms with Crippen LogP contribution in [-0.2, 0) is 4.79 Å². The highest BCUT2D eigenvalue weighted by atomic mass is 19.1. The predicted molar refractivity (Wildman–Crippen MR) is 141 cm³/mol. The van der Waals surface area contributed by atoms with Crippen molar-refractivity contribution < 1.29 is 23.0 Å². The second-order valence-corrected chi connectivity index (χ2v) is 9.69. The van der Waals surface area contributed by atoms with Crippen LogP contribution in [0.2, 0.25) is 0 Å². The highest BCUT2D eigenvalue weighted by Crippen LogP contribution is 2.34. The standard InChI is InChI=1S/C28H29F2N3O3.CH4/c1-17(32-27(34)28(2,3)4)26(23-15-20(30)8-13-25(23)35-5)36-22-11-12-24-18(14-22)16-31-33(24)21-9-6-19(29)7-10-21;/h6-17,26H,1-5H3,(H,32,34);1H4/t17-,26-;/m0./s1. The van der Waals surface area contributed by atoms with Crippen LogP contribution < -0.4 is 14.8 Å². The molecule has 3 aromatic carbocycles. The first-order chi connectivity index (χ1) is 17.1. The van der Waals surface area contributed by atoms with E-state index in [1.165, 1.54) is 37.4 Å². The lowest BCUT2D eigenvalue weighted by Gasteiger charge is -2.30. The number of nitrogens with zero attached hydrogens (tertiary/aromatic N) is 2. The number of nitrogens with one attached hydrogen (secondary N) is 1. The van der Waals surface area contributed by atoms with Gasteiger partial charge < -0.3 is 14.8 Å². The summed E-state index contributed by atoms with van der Waals surface area (Å²) in [6.07, 6.45) is 0.945. The van der Waals surface area contributed by atoms with Gasteiger partial charge in [0.05, 0.1) is 30.6 Å². The maximum absolute atomic E-state index is 14.3. The molecular weight excluding hydrogens is 476 g/mol. The number of methoxy groups -OCH3 is 1. The Morgan fingerprint density at radius 3 is 2.32 bits per heavy atom. The van der Waals surface area contributed by atoms with E-state index < -0.39 is 23.4 Å². The fourth-order valence-corrected chi connectivity index (χ4v) is 3.88. The minimum atomic E-state index is -0.744. The van der Waals surface area contributed by atoms with E-state index in [4.69, 9.17) is 9.47 Å². The molecule has 0 radical (unpaired) electrons. The van der Waals surface area contributed by atoms with Gasteiger partial charge in [0.15, 0.2) is 0 Å². The fraction of sp³-hybridized carbons (Fsp3) is 0.310. The number of aromatic nitrogens is 2. The van der Waals surface area contributed by atoms with Gasteiger partial charge in [0.1, 0.15) is 29.2 Å². The molecule has 4 aromatic rings. The van der Waals surface area contributed by atoms with E-state index in [0.29, 0.717) is 17.1 Å². The Morgan fingerprint density at radius 1 is 1.00 bits per heavy atom. The molecule has 4 rings (SSSR count). The highest BCUT2D eigenvalue weighted by Gasteiger charge is 2.30. The van der Waals surface area contributed by atoms with Gasteiger partial charge in [-0.2, -0.15) is 5.10 Å². The number of hydrogen-bond acceptors (Lipinski definition) is 4. The number of amides is 1. The van der Waals surface area contributed by atoms with E-state index in [1.54, 1.807) is 29.1 Å². The smallest absolute Gasteiger partial charge is 0.225 e. The number of fused-ring (bicyclic) bond motifs is 1. The molecule has 0 fully saturated rings. The van der Waals surface area contributed by atoms with Crippen LogP contribution in [0.5, 0.6) is 11.5 Å². The van der Waals surface area contributed by atoms with Gasteiger partial charge in [-0.05, 0) is 67.6 Å². The van der Waals surface area contributed by atoms with Crippen molar-refractivity contribution in [1.29, 1.82) is 0 Å². The van der Waals surface area contributed by atoms with Gasteiger partial charge in [0.2, 0.25) is 5.91 Å².